The van der Waals surface area contributed by atoms with E-state index < -0.39 is 10.0 Å². The molecule has 19 heavy (non-hydrogen) atoms. The minimum atomic E-state index is -3.38. The molecule has 0 radical (unpaired) electrons. The topological polar surface area (TPSA) is 69.6 Å². The van der Waals surface area contributed by atoms with Crippen LogP contribution in [0, 0.1) is 0 Å². The lowest BCUT2D eigenvalue weighted by atomic mass is 10.2. The first-order valence-electron chi connectivity index (χ1n) is 6.57. The number of rotatable bonds is 4. The number of nitrogens with zero attached hydrogens (tertiary/aromatic N) is 1. The van der Waals surface area contributed by atoms with E-state index in [4.69, 9.17) is 0 Å². The zero-order chi connectivity index (χ0) is 13.9. The van der Waals surface area contributed by atoms with Crippen molar-refractivity contribution < 1.29 is 13.5 Å². The quantitative estimate of drug-likeness (QED) is 0.874. The Morgan fingerprint density at radius 1 is 1.47 bits per heavy atom. The maximum Gasteiger partial charge on any atom is 0.239 e. The smallest absolute Gasteiger partial charge is 0.239 e. The predicted molar refractivity (Wildman–Crippen MR) is 75.9 cm³/mol. The lowest BCUT2D eigenvalue weighted by molar-refractivity contribution is 0.475. The van der Waals surface area contributed by atoms with Crippen molar-refractivity contribution in [3.05, 3.63) is 24.3 Å². The third-order valence-corrected chi connectivity index (χ3v) is 5.71. The molecule has 1 aliphatic rings. The first-order valence-corrected chi connectivity index (χ1v) is 8.07. The molecule has 106 valence electrons. The van der Waals surface area contributed by atoms with Crippen molar-refractivity contribution in [3.63, 3.8) is 0 Å². The molecule has 1 aliphatic heterocycles. The average molecular weight is 284 g/mol. The third kappa shape index (κ3) is 3.01. The van der Waals surface area contributed by atoms with Gasteiger partial charge in [0.25, 0.3) is 0 Å². The van der Waals surface area contributed by atoms with Crippen LogP contribution in [0.4, 0.5) is 5.69 Å². The van der Waals surface area contributed by atoms with Gasteiger partial charge < -0.3 is 10.4 Å². The Kier molecular flexibility index (Phi) is 4.31. The maximum atomic E-state index is 12.6. The predicted octanol–water partition coefficient (Wildman–Crippen LogP) is 1.30. The Hall–Kier alpha value is -1.27. The molecule has 1 heterocycles. The molecule has 2 rings (SSSR count). The summed E-state index contributed by atoms with van der Waals surface area (Å²) in [4.78, 5) is 0. The maximum absolute atomic E-state index is 12.6. The highest BCUT2D eigenvalue weighted by atomic mass is 32.2. The molecule has 5 nitrogen and oxygen atoms in total. The molecule has 1 unspecified atom stereocenters. The van der Waals surface area contributed by atoms with Gasteiger partial charge in [-0.2, -0.15) is 0 Å². The van der Waals surface area contributed by atoms with Crippen LogP contribution in [0.5, 0.6) is 5.75 Å². The lowest BCUT2D eigenvalue weighted by Crippen LogP contribution is -2.46. The van der Waals surface area contributed by atoms with Crippen LogP contribution in [0.15, 0.2) is 24.3 Å². The van der Waals surface area contributed by atoms with Gasteiger partial charge in [-0.05, 0) is 38.4 Å². The molecule has 2 N–H and O–H groups in total. The molecule has 1 aromatic rings. The SMILES string of the molecule is CCN(c1cccc(O)c1)S(=O)(=O)C1CCCNC1. The van der Waals surface area contributed by atoms with Gasteiger partial charge in [0.05, 0.1) is 10.9 Å². The second-order valence-electron chi connectivity index (χ2n) is 4.70. The molecule has 1 atom stereocenters. The number of sulfonamides is 1. The molecular weight excluding hydrogens is 264 g/mol. The van der Waals surface area contributed by atoms with E-state index >= 15 is 0 Å². The summed E-state index contributed by atoms with van der Waals surface area (Å²) in [5, 5.41) is 12.2. The van der Waals surface area contributed by atoms with Crippen LogP contribution < -0.4 is 9.62 Å². The van der Waals surface area contributed by atoms with Crippen LogP contribution in [-0.2, 0) is 10.0 Å². The van der Waals surface area contributed by atoms with Gasteiger partial charge in [-0.25, -0.2) is 8.42 Å². The van der Waals surface area contributed by atoms with Gasteiger partial charge in [0.1, 0.15) is 5.75 Å². The lowest BCUT2D eigenvalue weighted by Gasteiger charge is -2.30. The number of aromatic hydroxyl groups is 1. The molecule has 1 aromatic carbocycles. The Morgan fingerprint density at radius 3 is 2.84 bits per heavy atom. The molecule has 1 saturated heterocycles. The van der Waals surface area contributed by atoms with E-state index in [9.17, 15) is 13.5 Å². The summed E-state index contributed by atoms with van der Waals surface area (Å²) in [5.74, 6) is 0.0768. The summed E-state index contributed by atoms with van der Waals surface area (Å²) < 4.78 is 26.6. The van der Waals surface area contributed by atoms with E-state index in [1.54, 1.807) is 19.1 Å². The fraction of sp³-hybridized carbons (Fsp3) is 0.538. The largest absolute Gasteiger partial charge is 0.508 e. The molecular formula is C13H20N2O3S. The Bertz CT molecular complexity index is 524. The summed E-state index contributed by atoms with van der Waals surface area (Å²) in [6.45, 7) is 3.54. The van der Waals surface area contributed by atoms with Crippen molar-refractivity contribution in [1.82, 2.24) is 5.32 Å². The number of hydrogen-bond donors (Lipinski definition) is 2. The van der Waals surface area contributed by atoms with Crippen molar-refractivity contribution in [2.75, 3.05) is 23.9 Å². The molecule has 6 heteroatoms. The van der Waals surface area contributed by atoms with E-state index in [1.807, 2.05) is 0 Å². The van der Waals surface area contributed by atoms with Crippen LogP contribution in [0.3, 0.4) is 0 Å². The first kappa shape index (κ1) is 14.1. The van der Waals surface area contributed by atoms with Crippen molar-refractivity contribution >= 4 is 15.7 Å². The Balaban J connectivity index is 2.30. The molecule has 0 saturated carbocycles. The molecule has 0 aliphatic carbocycles. The van der Waals surface area contributed by atoms with Gasteiger partial charge in [-0.3, -0.25) is 4.31 Å². The first-order chi connectivity index (χ1) is 9.05. The number of benzene rings is 1. The number of phenols is 1. The van der Waals surface area contributed by atoms with Crippen molar-refractivity contribution in [2.24, 2.45) is 0 Å². The summed E-state index contributed by atoms with van der Waals surface area (Å²) in [5.41, 5.74) is 0.521. The number of nitrogens with one attached hydrogen (secondary N) is 1. The van der Waals surface area contributed by atoms with Crippen LogP contribution >= 0.6 is 0 Å². The zero-order valence-electron chi connectivity index (χ0n) is 11.0. The van der Waals surface area contributed by atoms with Crippen LogP contribution in [0.2, 0.25) is 0 Å². The minimum Gasteiger partial charge on any atom is -0.508 e. The van der Waals surface area contributed by atoms with Crippen molar-refractivity contribution in [3.8, 4) is 5.75 Å². The molecule has 0 amide bonds. The van der Waals surface area contributed by atoms with Gasteiger partial charge in [-0.15, -0.1) is 0 Å². The highest BCUT2D eigenvalue weighted by Gasteiger charge is 2.32. The third-order valence-electron chi connectivity index (χ3n) is 3.39. The fourth-order valence-corrected chi connectivity index (χ4v) is 4.33. The molecule has 1 fully saturated rings. The van der Waals surface area contributed by atoms with Gasteiger partial charge in [-0.1, -0.05) is 6.07 Å². The second kappa shape index (κ2) is 5.79. The van der Waals surface area contributed by atoms with Crippen LogP contribution in [0.1, 0.15) is 19.8 Å². The highest BCUT2D eigenvalue weighted by molar-refractivity contribution is 7.93. The summed E-state index contributed by atoms with van der Waals surface area (Å²) in [6, 6.07) is 6.38. The number of phenolic OH excluding ortho intramolecular Hbond substituents is 1. The van der Waals surface area contributed by atoms with Gasteiger partial charge >= 0.3 is 0 Å². The normalized spacial score (nSPS) is 20.2. The minimum absolute atomic E-state index is 0.0768. The number of hydrogen-bond acceptors (Lipinski definition) is 4. The summed E-state index contributed by atoms with van der Waals surface area (Å²) >= 11 is 0. The molecule has 0 aromatic heterocycles. The number of anilines is 1. The molecule has 0 spiro atoms. The number of piperidine rings is 1. The monoisotopic (exact) mass is 284 g/mol. The average Bonchev–Trinajstić information content (AvgIpc) is 2.40. The van der Waals surface area contributed by atoms with E-state index in [-0.39, 0.29) is 11.0 Å². The van der Waals surface area contributed by atoms with E-state index in [0.29, 0.717) is 25.2 Å². The highest BCUT2D eigenvalue weighted by Crippen LogP contribution is 2.26. The van der Waals surface area contributed by atoms with Gasteiger partial charge in [0.15, 0.2) is 0 Å². The second-order valence-corrected chi connectivity index (χ2v) is 6.84. The fourth-order valence-electron chi connectivity index (χ4n) is 2.41. The summed E-state index contributed by atoms with van der Waals surface area (Å²) in [6.07, 6.45) is 1.56. The molecule has 0 bridgehead atoms. The van der Waals surface area contributed by atoms with Crippen molar-refractivity contribution in [2.45, 2.75) is 25.0 Å². The van der Waals surface area contributed by atoms with Crippen LogP contribution in [0.25, 0.3) is 0 Å². The van der Waals surface area contributed by atoms with Gasteiger partial charge in [0, 0.05) is 19.2 Å². The standard InChI is InChI=1S/C13H20N2O3S/c1-2-15(11-5-3-6-12(16)9-11)19(17,18)13-7-4-8-14-10-13/h3,5-6,9,13-14,16H,2,4,7-8,10H2,1H3. The van der Waals surface area contributed by atoms with E-state index in [1.165, 1.54) is 16.4 Å². The van der Waals surface area contributed by atoms with E-state index in [2.05, 4.69) is 5.32 Å². The van der Waals surface area contributed by atoms with Crippen molar-refractivity contribution in [1.29, 1.82) is 0 Å². The Labute approximate surface area is 114 Å². The van der Waals surface area contributed by atoms with Gasteiger partial charge in [0.2, 0.25) is 10.0 Å². The summed E-state index contributed by atoms with van der Waals surface area (Å²) in [7, 11) is -3.38. The Morgan fingerprint density at radius 2 is 2.26 bits per heavy atom. The van der Waals surface area contributed by atoms with E-state index in [0.717, 1.165) is 13.0 Å². The van der Waals surface area contributed by atoms with Crippen LogP contribution in [-0.4, -0.2) is 38.4 Å². The zero-order valence-corrected chi connectivity index (χ0v) is 11.9.